The van der Waals surface area contributed by atoms with Gasteiger partial charge >= 0.3 is 0 Å². The Kier molecular flexibility index (Phi) is 5.58. The number of benzene rings is 2. The topological polar surface area (TPSA) is 67.9 Å². The van der Waals surface area contributed by atoms with E-state index in [9.17, 15) is 9.59 Å². The zero-order valence-electron chi connectivity index (χ0n) is 16.7. The van der Waals surface area contributed by atoms with Crippen molar-refractivity contribution in [2.45, 2.75) is 33.1 Å². The second kappa shape index (κ2) is 7.92. The number of carbonyl (C=O) groups excluding carboxylic acids is 2. The Morgan fingerprint density at radius 1 is 1.00 bits per heavy atom. The van der Waals surface area contributed by atoms with E-state index in [1.807, 2.05) is 24.3 Å². The lowest BCUT2D eigenvalue weighted by Crippen LogP contribution is -2.36. The normalized spacial score (nSPS) is 13.0. The van der Waals surface area contributed by atoms with Crippen LogP contribution in [0.15, 0.2) is 42.5 Å². The van der Waals surface area contributed by atoms with E-state index in [0.29, 0.717) is 36.1 Å². The monoisotopic (exact) mass is 382 g/mol. The maximum absolute atomic E-state index is 12.5. The van der Waals surface area contributed by atoms with Crippen molar-refractivity contribution < 1.29 is 19.1 Å². The SMILES string of the molecule is CC(=O)N(CC(=O)Nc1ccc2c(c1)OCCO2)c1ccc(C(C)(C)C)cc1. The molecular formula is C22H26N2O4. The number of fused-ring (bicyclic) bond motifs is 1. The predicted octanol–water partition coefficient (Wildman–Crippen LogP) is 3.75. The first-order valence-electron chi connectivity index (χ1n) is 9.32. The van der Waals surface area contributed by atoms with Crippen LogP contribution in [0.3, 0.4) is 0 Å². The number of anilines is 2. The molecule has 0 radical (unpaired) electrons. The fraction of sp³-hybridized carbons (Fsp3) is 0.364. The second-order valence-corrected chi connectivity index (χ2v) is 7.81. The molecule has 0 aromatic heterocycles. The number of nitrogens with one attached hydrogen (secondary N) is 1. The number of hydrogen-bond donors (Lipinski definition) is 1. The molecule has 2 amide bonds. The van der Waals surface area contributed by atoms with Gasteiger partial charge in [0, 0.05) is 24.4 Å². The van der Waals surface area contributed by atoms with Crippen LogP contribution in [-0.2, 0) is 15.0 Å². The van der Waals surface area contributed by atoms with Gasteiger partial charge in [0.2, 0.25) is 11.8 Å². The highest BCUT2D eigenvalue weighted by Gasteiger charge is 2.19. The molecule has 2 aromatic rings. The van der Waals surface area contributed by atoms with Crippen molar-refractivity contribution in [2.24, 2.45) is 0 Å². The molecule has 0 fully saturated rings. The van der Waals surface area contributed by atoms with Crippen molar-refractivity contribution in [3.8, 4) is 11.5 Å². The third-order valence-electron chi connectivity index (χ3n) is 4.55. The van der Waals surface area contributed by atoms with Crippen molar-refractivity contribution in [2.75, 3.05) is 30.0 Å². The lowest BCUT2D eigenvalue weighted by atomic mass is 9.87. The standard InChI is InChI=1S/C22H26N2O4/c1-15(25)24(18-8-5-16(6-9-18)22(2,3)4)14-21(26)23-17-7-10-19-20(13-17)28-12-11-27-19/h5-10,13H,11-12,14H2,1-4H3,(H,23,26). The van der Waals surface area contributed by atoms with E-state index in [-0.39, 0.29) is 23.8 Å². The average Bonchev–Trinajstić information content (AvgIpc) is 2.65. The molecule has 0 saturated carbocycles. The van der Waals surface area contributed by atoms with Crippen molar-refractivity contribution >= 4 is 23.2 Å². The van der Waals surface area contributed by atoms with Gasteiger partial charge < -0.3 is 19.7 Å². The predicted molar refractivity (Wildman–Crippen MR) is 109 cm³/mol. The summed E-state index contributed by atoms with van der Waals surface area (Å²) in [7, 11) is 0. The molecule has 1 aliphatic rings. The van der Waals surface area contributed by atoms with E-state index >= 15 is 0 Å². The van der Waals surface area contributed by atoms with E-state index in [4.69, 9.17) is 9.47 Å². The molecule has 2 aromatic carbocycles. The summed E-state index contributed by atoms with van der Waals surface area (Å²) in [5, 5.41) is 2.81. The van der Waals surface area contributed by atoms with Gasteiger partial charge in [-0.05, 0) is 35.2 Å². The highest BCUT2D eigenvalue weighted by molar-refractivity contribution is 6.01. The van der Waals surface area contributed by atoms with E-state index in [1.165, 1.54) is 17.4 Å². The number of ether oxygens (including phenoxy) is 2. The van der Waals surface area contributed by atoms with Crippen LogP contribution >= 0.6 is 0 Å². The van der Waals surface area contributed by atoms with Crippen LogP contribution in [0.25, 0.3) is 0 Å². The highest BCUT2D eigenvalue weighted by atomic mass is 16.6. The lowest BCUT2D eigenvalue weighted by molar-refractivity contribution is -0.120. The third kappa shape index (κ3) is 4.63. The fourth-order valence-electron chi connectivity index (χ4n) is 2.99. The minimum atomic E-state index is -0.285. The summed E-state index contributed by atoms with van der Waals surface area (Å²) in [6.45, 7) is 8.77. The third-order valence-corrected chi connectivity index (χ3v) is 4.55. The molecule has 1 N–H and O–H groups in total. The van der Waals surface area contributed by atoms with Crippen LogP contribution in [0.5, 0.6) is 11.5 Å². The van der Waals surface area contributed by atoms with Crippen LogP contribution in [-0.4, -0.2) is 31.6 Å². The Balaban J connectivity index is 1.70. The maximum atomic E-state index is 12.5. The first-order chi connectivity index (χ1) is 13.2. The van der Waals surface area contributed by atoms with Crippen LogP contribution in [0, 0.1) is 0 Å². The van der Waals surface area contributed by atoms with Gasteiger partial charge in [-0.2, -0.15) is 0 Å². The molecule has 0 spiro atoms. The second-order valence-electron chi connectivity index (χ2n) is 7.81. The summed E-state index contributed by atoms with van der Waals surface area (Å²) in [4.78, 5) is 26.1. The number of hydrogen-bond acceptors (Lipinski definition) is 4. The molecule has 1 heterocycles. The van der Waals surface area contributed by atoms with Crippen LogP contribution in [0.2, 0.25) is 0 Å². The molecule has 6 heteroatoms. The van der Waals surface area contributed by atoms with E-state index in [2.05, 4.69) is 26.1 Å². The largest absolute Gasteiger partial charge is 0.486 e. The number of rotatable bonds is 4. The average molecular weight is 382 g/mol. The first-order valence-corrected chi connectivity index (χ1v) is 9.32. The van der Waals surface area contributed by atoms with E-state index in [1.54, 1.807) is 18.2 Å². The van der Waals surface area contributed by atoms with Gasteiger partial charge in [0.15, 0.2) is 11.5 Å². The minimum Gasteiger partial charge on any atom is -0.486 e. The molecule has 1 aliphatic heterocycles. The molecule has 6 nitrogen and oxygen atoms in total. The summed E-state index contributed by atoms with van der Waals surface area (Å²) in [6.07, 6.45) is 0. The summed E-state index contributed by atoms with van der Waals surface area (Å²) in [5.41, 5.74) is 2.48. The molecule has 0 aliphatic carbocycles. The highest BCUT2D eigenvalue weighted by Crippen LogP contribution is 2.32. The van der Waals surface area contributed by atoms with Crippen LogP contribution in [0.1, 0.15) is 33.3 Å². The fourth-order valence-corrected chi connectivity index (χ4v) is 2.99. The van der Waals surface area contributed by atoms with Crippen molar-refractivity contribution in [3.63, 3.8) is 0 Å². The number of amides is 2. The Labute approximate surface area is 165 Å². The van der Waals surface area contributed by atoms with Gasteiger partial charge in [-0.15, -0.1) is 0 Å². The summed E-state index contributed by atoms with van der Waals surface area (Å²) >= 11 is 0. The minimum absolute atomic E-state index is 0.0230. The maximum Gasteiger partial charge on any atom is 0.244 e. The quantitative estimate of drug-likeness (QED) is 0.875. The Morgan fingerprint density at radius 3 is 2.25 bits per heavy atom. The lowest BCUT2D eigenvalue weighted by Gasteiger charge is -2.24. The van der Waals surface area contributed by atoms with Gasteiger partial charge in [0.05, 0.1) is 0 Å². The Morgan fingerprint density at radius 2 is 1.64 bits per heavy atom. The molecule has 0 atom stereocenters. The molecule has 148 valence electrons. The number of carbonyl (C=O) groups is 2. The zero-order valence-corrected chi connectivity index (χ0v) is 16.7. The molecule has 0 bridgehead atoms. The summed E-state index contributed by atoms with van der Waals surface area (Å²) in [6, 6.07) is 13.0. The summed E-state index contributed by atoms with van der Waals surface area (Å²) < 4.78 is 11.0. The van der Waals surface area contributed by atoms with Crippen molar-refractivity contribution in [1.29, 1.82) is 0 Å². The van der Waals surface area contributed by atoms with Gasteiger partial charge in [-0.3, -0.25) is 9.59 Å². The van der Waals surface area contributed by atoms with E-state index < -0.39 is 0 Å². The van der Waals surface area contributed by atoms with Gasteiger partial charge in [-0.1, -0.05) is 32.9 Å². The Hall–Kier alpha value is -3.02. The van der Waals surface area contributed by atoms with Gasteiger partial charge in [0.25, 0.3) is 0 Å². The smallest absolute Gasteiger partial charge is 0.244 e. The van der Waals surface area contributed by atoms with E-state index in [0.717, 1.165) is 0 Å². The van der Waals surface area contributed by atoms with Gasteiger partial charge in [-0.25, -0.2) is 0 Å². The van der Waals surface area contributed by atoms with Crippen LogP contribution < -0.4 is 19.7 Å². The molecular weight excluding hydrogens is 356 g/mol. The molecule has 28 heavy (non-hydrogen) atoms. The van der Waals surface area contributed by atoms with Gasteiger partial charge in [0.1, 0.15) is 19.8 Å². The summed E-state index contributed by atoms with van der Waals surface area (Å²) in [5.74, 6) is 0.784. The first kappa shape index (κ1) is 19.7. The van der Waals surface area contributed by atoms with Crippen molar-refractivity contribution in [3.05, 3.63) is 48.0 Å². The molecule has 3 rings (SSSR count). The van der Waals surface area contributed by atoms with Crippen molar-refractivity contribution in [1.82, 2.24) is 0 Å². The molecule has 0 unspecified atom stereocenters. The number of nitrogens with zero attached hydrogens (tertiary/aromatic N) is 1. The molecule has 0 saturated heterocycles. The van der Waals surface area contributed by atoms with Crippen LogP contribution in [0.4, 0.5) is 11.4 Å². The zero-order chi connectivity index (χ0) is 20.3. The Bertz CT molecular complexity index is 869.